The molecule has 20 heavy (non-hydrogen) atoms. The van der Waals surface area contributed by atoms with E-state index < -0.39 is 0 Å². The van der Waals surface area contributed by atoms with Gasteiger partial charge >= 0.3 is 6.03 Å². The average molecular weight is 274 g/mol. The Morgan fingerprint density at radius 3 is 2.30 bits per heavy atom. The lowest BCUT2D eigenvalue weighted by molar-refractivity contribution is -0.0219. The van der Waals surface area contributed by atoms with Crippen molar-refractivity contribution >= 4 is 17.5 Å². The van der Waals surface area contributed by atoms with E-state index >= 15 is 0 Å². The van der Waals surface area contributed by atoms with Crippen LogP contribution in [0.1, 0.15) is 30.1 Å². The highest BCUT2D eigenvalue weighted by Gasteiger charge is 2.35. The smallest absolute Gasteiger partial charge is 0.322 e. The summed E-state index contributed by atoms with van der Waals surface area (Å²) in [6, 6.07) is 6.86. The van der Waals surface area contributed by atoms with Crippen LogP contribution in [0.15, 0.2) is 24.3 Å². The number of likely N-dealkylation sites (tertiary alicyclic amines) is 1. The van der Waals surface area contributed by atoms with Crippen molar-refractivity contribution < 1.29 is 14.3 Å². The number of ketones is 1. The Labute approximate surface area is 117 Å². The second kappa shape index (κ2) is 5.25. The number of hydrogen-bond acceptors (Lipinski definition) is 3. The molecule has 0 saturated carbocycles. The van der Waals surface area contributed by atoms with Crippen LogP contribution in [-0.4, -0.2) is 42.0 Å². The molecular formula is C15H18N2O3. The average Bonchev–Trinajstić information content (AvgIpc) is 2.78. The zero-order chi connectivity index (χ0) is 14.1. The number of nitrogens with zero attached hydrogens (tertiary/aromatic N) is 1. The molecule has 2 heterocycles. The van der Waals surface area contributed by atoms with Gasteiger partial charge in [0, 0.05) is 24.3 Å². The lowest BCUT2D eigenvalue weighted by atomic mass is 10.1. The topological polar surface area (TPSA) is 58.6 Å². The van der Waals surface area contributed by atoms with Crippen LogP contribution in [0, 0.1) is 0 Å². The normalized spacial score (nSPS) is 24.6. The van der Waals surface area contributed by atoms with Crippen molar-refractivity contribution in [1.29, 1.82) is 0 Å². The van der Waals surface area contributed by atoms with Gasteiger partial charge in [-0.2, -0.15) is 0 Å². The first-order valence-corrected chi connectivity index (χ1v) is 6.94. The molecule has 0 aliphatic carbocycles. The van der Waals surface area contributed by atoms with Gasteiger partial charge in [-0.15, -0.1) is 0 Å². The second-order valence-corrected chi connectivity index (χ2v) is 5.43. The quantitative estimate of drug-likeness (QED) is 0.842. The van der Waals surface area contributed by atoms with E-state index in [0.29, 0.717) is 24.3 Å². The highest BCUT2D eigenvalue weighted by atomic mass is 16.5. The van der Waals surface area contributed by atoms with E-state index in [9.17, 15) is 9.59 Å². The van der Waals surface area contributed by atoms with Gasteiger partial charge in [0.25, 0.3) is 0 Å². The third-order valence-corrected chi connectivity index (χ3v) is 3.87. The Hall–Kier alpha value is -1.88. The molecule has 5 heteroatoms. The molecule has 0 spiro atoms. The Kier molecular flexibility index (Phi) is 3.44. The summed E-state index contributed by atoms with van der Waals surface area (Å²) >= 11 is 0. The van der Waals surface area contributed by atoms with Gasteiger partial charge in [-0.1, -0.05) is 0 Å². The van der Waals surface area contributed by atoms with Crippen molar-refractivity contribution in [3.8, 4) is 0 Å². The summed E-state index contributed by atoms with van der Waals surface area (Å²) in [6.45, 7) is 2.85. The molecule has 2 unspecified atom stereocenters. The van der Waals surface area contributed by atoms with E-state index in [1.807, 2.05) is 4.90 Å². The molecule has 2 fully saturated rings. The van der Waals surface area contributed by atoms with Crippen molar-refractivity contribution in [3.63, 3.8) is 0 Å². The van der Waals surface area contributed by atoms with Crippen LogP contribution >= 0.6 is 0 Å². The van der Waals surface area contributed by atoms with Crippen molar-refractivity contribution in [1.82, 2.24) is 4.90 Å². The number of amides is 2. The zero-order valence-electron chi connectivity index (χ0n) is 11.5. The van der Waals surface area contributed by atoms with Gasteiger partial charge in [0.05, 0.1) is 12.2 Å². The molecule has 0 aromatic heterocycles. The minimum atomic E-state index is -0.0965. The summed E-state index contributed by atoms with van der Waals surface area (Å²) in [4.78, 5) is 25.2. The van der Waals surface area contributed by atoms with E-state index in [0.717, 1.165) is 12.8 Å². The third-order valence-electron chi connectivity index (χ3n) is 3.87. The summed E-state index contributed by atoms with van der Waals surface area (Å²) in [7, 11) is 0. The fraction of sp³-hybridized carbons (Fsp3) is 0.467. The molecule has 3 rings (SSSR count). The number of Topliss-reactive ketones (excluding diaryl/α,β-unsaturated/α-hetero) is 1. The van der Waals surface area contributed by atoms with Crippen LogP contribution in [0.25, 0.3) is 0 Å². The number of morpholine rings is 1. The number of fused-ring (bicyclic) bond motifs is 2. The van der Waals surface area contributed by atoms with Crippen LogP contribution in [0.5, 0.6) is 0 Å². The summed E-state index contributed by atoms with van der Waals surface area (Å²) in [6.07, 6.45) is 2.47. The first kappa shape index (κ1) is 13.1. The van der Waals surface area contributed by atoms with E-state index in [-0.39, 0.29) is 24.0 Å². The Morgan fingerprint density at radius 2 is 1.75 bits per heavy atom. The maximum atomic E-state index is 12.2. The molecule has 106 valence electrons. The van der Waals surface area contributed by atoms with Gasteiger partial charge in [0.1, 0.15) is 0 Å². The van der Waals surface area contributed by atoms with Gasteiger partial charge in [-0.25, -0.2) is 4.79 Å². The van der Waals surface area contributed by atoms with Gasteiger partial charge in [-0.3, -0.25) is 4.79 Å². The number of anilines is 1. The predicted octanol–water partition coefficient (Wildman–Crippen LogP) is 2.28. The standard InChI is InChI=1S/C15H18N2O3/c1-10(18)11-2-4-12(5-3-11)16-15(19)17-8-13-6-7-14(9-17)20-13/h2-5,13-14H,6-9H2,1H3,(H,16,19). The molecular weight excluding hydrogens is 256 g/mol. The monoisotopic (exact) mass is 274 g/mol. The lowest BCUT2D eigenvalue weighted by Crippen LogP contribution is -2.47. The molecule has 1 aromatic carbocycles. The van der Waals surface area contributed by atoms with Gasteiger partial charge in [0.2, 0.25) is 0 Å². The SMILES string of the molecule is CC(=O)c1ccc(NC(=O)N2CC3CCC(C2)O3)cc1. The summed E-state index contributed by atoms with van der Waals surface area (Å²) in [5, 5.41) is 2.87. The van der Waals surface area contributed by atoms with Crippen molar-refractivity contribution in [3.05, 3.63) is 29.8 Å². The van der Waals surface area contributed by atoms with Crippen molar-refractivity contribution in [2.75, 3.05) is 18.4 Å². The fourth-order valence-corrected chi connectivity index (χ4v) is 2.77. The van der Waals surface area contributed by atoms with Gasteiger partial charge in [-0.05, 0) is 44.0 Å². The Bertz CT molecular complexity index is 514. The molecule has 2 amide bonds. The van der Waals surface area contributed by atoms with E-state index in [1.54, 1.807) is 24.3 Å². The van der Waals surface area contributed by atoms with Crippen LogP contribution < -0.4 is 5.32 Å². The van der Waals surface area contributed by atoms with Crippen molar-refractivity contribution in [2.45, 2.75) is 32.0 Å². The maximum absolute atomic E-state index is 12.2. The van der Waals surface area contributed by atoms with Crippen molar-refractivity contribution in [2.24, 2.45) is 0 Å². The molecule has 2 atom stereocenters. The summed E-state index contributed by atoms with van der Waals surface area (Å²) in [5.41, 5.74) is 1.35. The number of ether oxygens (including phenoxy) is 1. The van der Waals surface area contributed by atoms with Gasteiger partial charge < -0.3 is 15.0 Å². The molecule has 1 N–H and O–H groups in total. The molecule has 2 saturated heterocycles. The van der Waals surface area contributed by atoms with Crippen LogP contribution in [-0.2, 0) is 4.74 Å². The summed E-state index contributed by atoms with van der Waals surface area (Å²) < 4.78 is 5.71. The number of urea groups is 1. The number of carbonyl (C=O) groups excluding carboxylic acids is 2. The number of rotatable bonds is 2. The first-order chi connectivity index (χ1) is 9.61. The lowest BCUT2D eigenvalue weighted by Gasteiger charge is -2.32. The van der Waals surface area contributed by atoms with Crippen LogP contribution in [0.4, 0.5) is 10.5 Å². The number of benzene rings is 1. The molecule has 2 aliphatic heterocycles. The zero-order valence-corrected chi connectivity index (χ0v) is 11.5. The molecule has 2 bridgehead atoms. The second-order valence-electron chi connectivity index (χ2n) is 5.43. The molecule has 1 aromatic rings. The highest BCUT2D eigenvalue weighted by molar-refractivity contribution is 5.95. The van der Waals surface area contributed by atoms with Crippen LogP contribution in [0.2, 0.25) is 0 Å². The van der Waals surface area contributed by atoms with Gasteiger partial charge in [0.15, 0.2) is 5.78 Å². The predicted molar refractivity (Wildman–Crippen MR) is 74.9 cm³/mol. The van der Waals surface area contributed by atoms with Crippen LogP contribution in [0.3, 0.4) is 0 Å². The first-order valence-electron chi connectivity index (χ1n) is 6.94. The molecule has 2 aliphatic rings. The largest absolute Gasteiger partial charge is 0.371 e. The minimum absolute atomic E-state index is 0.0210. The summed E-state index contributed by atoms with van der Waals surface area (Å²) in [5.74, 6) is 0.0210. The third kappa shape index (κ3) is 2.67. The van der Waals surface area contributed by atoms with E-state index in [2.05, 4.69) is 5.32 Å². The minimum Gasteiger partial charge on any atom is -0.371 e. The Morgan fingerprint density at radius 1 is 1.15 bits per heavy atom. The fourth-order valence-electron chi connectivity index (χ4n) is 2.77. The maximum Gasteiger partial charge on any atom is 0.322 e. The molecule has 0 radical (unpaired) electrons. The number of nitrogens with one attached hydrogen (secondary N) is 1. The Balaban J connectivity index is 1.62. The van der Waals surface area contributed by atoms with E-state index in [1.165, 1.54) is 6.92 Å². The highest BCUT2D eigenvalue weighted by Crippen LogP contribution is 2.26. The van der Waals surface area contributed by atoms with E-state index in [4.69, 9.17) is 4.74 Å². The molecule has 5 nitrogen and oxygen atoms in total. The number of hydrogen-bond donors (Lipinski definition) is 1. The number of carbonyl (C=O) groups is 2.